The molecule has 2 rings (SSSR count). The lowest BCUT2D eigenvalue weighted by Crippen LogP contribution is -2.49. The van der Waals surface area contributed by atoms with Crippen LogP contribution in [0, 0.1) is 0 Å². The quantitative estimate of drug-likeness (QED) is 0.767. The van der Waals surface area contributed by atoms with Crippen LogP contribution < -0.4 is 5.32 Å². The number of tetrazole rings is 1. The van der Waals surface area contributed by atoms with Crippen molar-refractivity contribution in [1.29, 1.82) is 0 Å². The van der Waals surface area contributed by atoms with Gasteiger partial charge in [-0.2, -0.15) is 5.21 Å². The first-order chi connectivity index (χ1) is 9.20. The number of nitrogens with one attached hydrogen (secondary N) is 2. The number of aromatic amines is 1. The number of alkyl carbamates (subject to hydrolysis) is 1. The summed E-state index contributed by atoms with van der Waals surface area (Å²) in [5, 5.41) is 15.6. The molecule has 0 saturated carbocycles. The molecule has 1 aliphatic rings. The Kier molecular flexibility index (Phi) is 4.26. The third-order valence-electron chi connectivity index (χ3n) is 2.84. The highest BCUT2D eigenvalue weighted by atomic mass is 16.5. The van der Waals surface area contributed by atoms with E-state index < -0.39 is 6.09 Å². The maximum Gasteiger partial charge on any atom is 0.407 e. The summed E-state index contributed by atoms with van der Waals surface area (Å²) < 4.78 is 4.82. The molecule has 104 valence electrons. The SMILES string of the molecule is CCOC(=O)NC1CCCN(C(=O)c2nn[nH]n2)C1. The zero-order valence-corrected chi connectivity index (χ0v) is 10.6. The van der Waals surface area contributed by atoms with Crippen molar-refractivity contribution in [3.63, 3.8) is 0 Å². The van der Waals surface area contributed by atoms with Gasteiger partial charge in [-0.05, 0) is 25.0 Å². The summed E-state index contributed by atoms with van der Waals surface area (Å²) >= 11 is 0. The van der Waals surface area contributed by atoms with Crippen molar-refractivity contribution in [2.75, 3.05) is 19.7 Å². The Morgan fingerprint density at radius 3 is 3.11 bits per heavy atom. The number of H-pyrrole nitrogens is 1. The van der Waals surface area contributed by atoms with E-state index in [2.05, 4.69) is 25.9 Å². The predicted octanol–water partition coefficient (Wildman–Crippen LogP) is -0.450. The highest BCUT2D eigenvalue weighted by Crippen LogP contribution is 2.12. The van der Waals surface area contributed by atoms with E-state index in [0.29, 0.717) is 19.7 Å². The smallest absolute Gasteiger partial charge is 0.407 e. The van der Waals surface area contributed by atoms with Gasteiger partial charge in [0, 0.05) is 19.1 Å². The van der Waals surface area contributed by atoms with Gasteiger partial charge in [0.2, 0.25) is 0 Å². The van der Waals surface area contributed by atoms with Crippen LogP contribution in [0.4, 0.5) is 4.79 Å². The predicted molar refractivity (Wildman–Crippen MR) is 63.3 cm³/mol. The van der Waals surface area contributed by atoms with Crippen LogP contribution in [0.15, 0.2) is 0 Å². The molecule has 9 heteroatoms. The molecule has 1 unspecified atom stereocenters. The Morgan fingerprint density at radius 2 is 2.42 bits per heavy atom. The fourth-order valence-corrected chi connectivity index (χ4v) is 2.01. The van der Waals surface area contributed by atoms with Crippen molar-refractivity contribution in [2.45, 2.75) is 25.8 Å². The first-order valence-corrected chi connectivity index (χ1v) is 6.16. The Balaban J connectivity index is 1.90. The second-order valence-electron chi connectivity index (χ2n) is 4.19. The minimum absolute atomic E-state index is 0.0387. The van der Waals surface area contributed by atoms with Crippen LogP contribution in [0.2, 0.25) is 0 Å². The molecule has 19 heavy (non-hydrogen) atoms. The molecule has 1 aromatic rings. The van der Waals surface area contributed by atoms with Gasteiger partial charge in [-0.15, -0.1) is 10.2 Å². The molecule has 1 saturated heterocycles. The minimum atomic E-state index is -0.457. The van der Waals surface area contributed by atoms with E-state index in [1.807, 2.05) is 0 Å². The molecule has 0 aromatic carbocycles. The molecule has 2 amide bonds. The van der Waals surface area contributed by atoms with Gasteiger partial charge in [0.05, 0.1) is 6.61 Å². The fourth-order valence-electron chi connectivity index (χ4n) is 2.01. The number of amides is 2. The highest BCUT2D eigenvalue weighted by Gasteiger charge is 2.27. The second kappa shape index (κ2) is 6.12. The zero-order valence-electron chi connectivity index (χ0n) is 10.6. The number of rotatable bonds is 3. The number of piperidine rings is 1. The van der Waals surface area contributed by atoms with Crippen LogP contribution in [0.3, 0.4) is 0 Å². The number of nitrogens with zero attached hydrogens (tertiary/aromatic N) is 4. The lowest BCUT2D eigenvalue weighted by Gasteiger charge is -2.32. The molecule has 1 aliphatic heterocycles. The van der Waals surface area contributed by atoms with E-state index in [9.17, 15) is 9.59 Å². The summed E-state index contributed by atoms with van der Waals surface area (Å²) in [6, 6.07) is -0.108. The van der Waals surface area contributed by atoms with E-state index in [4.69, 9.17) is 4.74 Å². The molecular weight excluding hydrogens is 252 g/mol. The average molecular weight is 268 g/mol. The van der Waals surface area contributed by atoms with E-state index in [1.54, 1.807) is 11.8 Å². The van der Waals surface area contributed by atoms with E-state index in [-0.39, 0.29) is 17.8 Å². The summed E-state index contributed by atoms with van der Waals surface area (Å²) in [7, 11) is 0. The zero-order chi connectivity index (χ0) is 13.7. The fraction of sp³-hybridized carbons (Fsp3) is 0.700. The van der Waals surface area contributed by atoms with Gasteiger partial charge in [0.1, 0.15) is 0 Å². The van der Waals surface area contributed by atoms with Gasteiger partial charge in [-0.3, -0.25) is 4.79 Å². The van der Waals surface area contributed by atoms with E-state index >= 15 is 0 Å². The number of ether oxygens (including phenoxy) is 1. The van der Waals surface area contributed by atoms with Crippen LogP contribution >= 0.6 is 0 Å². The highest BCUT2D eigenvalue weighted by molar-refractivity contribution is 5.90. The van der Waals surface area contributed by atoms with Crippen molar-refractivity contribution in [1.82, 2.24) is 30.8 Å². The summed E-state index contributed by atoms with van der Waals surface area (Å²) in [6.07, 6.45) is 1.16. The number of likely N-dealkylation sites (tertiary alicyclic amines) is 1. The molecular formula is C10H16N6O3. The van der Waals surface area contributed by atoms with Gasteiger partial charge in [-0.1, -0.05) is 0 Å². The maximum atomic E-state index is 12.0. The largest absolute Gasteiger partial charge is 0.450 e. The van der Waals surface area contributed by atoms with Gasteiger partial charge in [0.15, 0.2) is 0 Å². The van der Waals surface area contributed by atoms with Crippen LogP contribution in [0.25, 0.3) is 0 Å². The summed E-state index contributed by atoms with van der Waals surface area (Å²) in [6.45, 7) is 3.11. The monoisotopic (exact) mass is 268 g/mol. The Bertz CT molecular complexity index is 434. The van der Waals surface area contributed by atoms with Gasteiger partial charge >= 0.3 is 6.09 Å². The molecule has 2 heterocycles. The maximum absolute atomic E-state index is 12.0. The van der Waals surface area contributed by atoms with Gasteiger partial charge in [0.25, 0.3) is 11.7 Å². The second-order valence-corrected chi connectivity index (χ2v) is 4.19. The molecule has 2 N–H and O–H groups in total. The van der Waals surface area contributed by atoms with Gasteiger partial charge in [-0.25, -0.2) is 4.79 Å². The standard InChI is InChI=1S/C10H16N6O3/c1-2-19-10(18)11-7-4-3-5-16(6-7)9(17)8-12-14-15-13-8/h7H,2-6H2,1H3,(H,11,18)(H,12,13,14,15). The number of carbonyl (C=O) groups excluding carboxylic acids is 2. The molecule has 0 aliphatic carbocycles. The molecule has 0 spiro atoms. The molecule has 1 aromatic heterocycles. The summed E-state index contributed by atoms with van der Waals surface area (Å²) in [5.74, 6) is -0.249. The van der Waals surface area contributed by atoms with Crippen LogP contribution in [0.5, 0.6) is 0 Å². The van der Waals surface area contributed by atoms with Crippen LogP contribution in [-0.2, 0) is 4.74 Å². The van der Waals surface area contributed by atoms with Crippen molar-refractivity contribution in [2.24, 2.45) is 0 Å². The lowest BCUT2D eigenvalue weighted by molar-refractivity contribution is 0.0674. The van der Waals surface area contributed by atoms with Crippen LogP contribution in [0.1, 0.15) is 30.4 Å². The third kappa shape index (κ3) is 3.39. The minimum Gasteiger partial charge on any atom is -0.450 e. The molecule has 9 nitrogen and oxygen atoms in total. The Hall–Kier alpha value is -2.19. The third-order valence-corrected chi connectivity index (χ3v) is 2.84. The van der Waals surface area contributed by atoms with Gasteiger partial charge < -0.3 is 15.0 Å². The molecule has 0 radical (unpaired) electrons. The van der Waals surface area contributed by atoms with E-state index in [1.165, 1.54) is 0 Å². The van der Waals surface area contributed by atoms with E-state index in [0.717, 1.165) is 12.8 Å². The molecule has 1 fully saturated rings. The number of carbonyl (C=O) groups is 2. The Morgan fingerprint density at radius 1 is 1.58 bits per heavy atom. The van der Waals surface area contributed by atoms with Crippen molar-refractivity contribution >= 4 is 12.0 Å². The van der Waals surface area contributed by atoms with Crippen molar-refractivity contribution in [3.05, 3.63) is 5.82 Å². The first-order valence-electron chi connectivity index (χ1n) is 6.16. The average Bonchev–Trinajstić information content (AvgIpc) is 2.92. The number of aromatic nitrogens is 4. The first kappa shape index (κ1) is 13.2. The van der Waals surface area contributed by atoms with Crippen molar-refractivity contribution < 1.29 is 14.3 Å². The van der Waals surface area contributed by atoms with Crippen molar-refractivity contribution in [3.8, 4) is 0 Å². The topological polar surface area (TPSA) is 113 Å². The Labute approximate surface area is 109 Å². The summed E-state index contributed by atoms with van der Waals surface area (Å²) in [4.78, 5) is 25.0. The van der Waals surface area contributed by atoms with Crippen LogP contribution in [-0.4, -0.2) is 63.3 Å². The number of hydrogen-bond donors (Lipinski definition) is 2. The molecule has 0 bridgehead atoms. The summed E-state index contributed by atoms with van der Waals surface area (Å²) in [5.41, 5.74) is 0. The number of hydrogen-bond acceptors (Lipinski definition) is 6. The normalized spacial score (nSPS) is 19.0. The lowest BCUT2D eigenvalue weighted by atomic mass is 10.1. The molecule has 1 atom stereocenters.